The fourth-order valence-electron chi connectivity index (χ4n) is 1.86. The summed E-state index contributed by atoms with van der Waals surface area (Å²) in [6, 6.07) is 7.93. The maximum absolute atomic E-state index is 13.5. The van der Waals surface area contributed by atoms with Crippen LogP contribution in [0.4, 0.5) is 15.8 Å². The van der Waals surface area contributed by atoms with Gasteiger partial charge in [-0.3, -0.25) is 4.79 Å². The number of carbonyl (C=O) groups is 1. The van der Waals surface area contributed by atoms with Gasteiger partial charge in [-0.25, -0.2) is 4.39 Å². The van der Waals surface area contributed by atoms with E-state index in [0.717, 1.165) is 10.0 Å². The lowest BCUT2D eigenvalue weighted by Crippen LogP contribution is -2.14. The maximum Gasteiger partial charge on any atom is 0.255 e. The molecule has 2 aromatic carbocycles. The topological polar surface area (TPSA) is 55.1 Å². The molecule has 2 aromatic rings. The molecule has 0 fully saturated rings. The lowest BCUT2D eigenvalue weighted by molar-refractivity contribution is 0.102. The van der Waals surface area contributed by atoms with Gasteiger partial charge in [-0.2, -0.15) is 0 Å². The molecule has 104 valence electrons. The van der Waals surface area contributed by atoms with Gasteiger partial charge in [-0.15, -0.1) is 0 Å². The first-order chi connectivity index (χ1) is 9.38. The Bertz CT molecular complexity index is 663. The molecule has 0 atom stereocenters. The molecule has 3 nitrogen and oxygen atoms in total. The number of nitrogens with one attached hydrogen (secondary N) is 1. The van der Waals surface area contributed by atoms with Crippen molar-refractivity contribution in [1.82, 2.24) is 0 Å². The monoisotopic (exact) mass is 336 g/mol. The molecule has 0 aliphatic rings. The Labute approximate surface area is 125 Å². The summed E-state index contributed by atoms with van der Waals surface area (Å²) in [5, 5.41) is 2.72. The summed E-state index contributed by atoms with van der Waals surface area (Å²) in [5.41, 5.74) is 8.47. The lowest BCUT2D eigenvalue weighted by atomic mass is 10.1. The number of hydrogen-bond acceptors (Lipinski definition) is 2. The van der Waals surface area contributed by atoms with Gasteiger partial charge in [-0.05, 0) is 49.2 Å². The number of hydrogen-bond donors (Lipinski definition) is 2. The molecule has 0 bridgehead atoms. The van der Waals surface area contributed by atoms with E-state index in [2.05, 4.69) is 21.2 Å². The van der Waals surface area contributed by atoms with Crippen LogP contribution in [0.15, 0.2) is 34.8 Å². The highest BCUT2D eigenvalue weighted by molar-refractivity contribution is 9.10. The molecule has 3 N–H and O–H groups in total. The summed E-state index contributed by atoms with van der Waals surface area (Å²) < 4.78 is 14.3. The molecule has 1 amide bonds. The van der Waals surface area contributed by atoms with E-state index in [9.17, 15) is 9.18 Å². The van der Waals surface area contributed by atoms with Crippen molar-refractivity contribution >= 4 is 33.2 Å². The molecule has 0 saturated carbocycles. The molecule has 0 spiro atoms. The van der Waals surface area contributed by atoms with Crippen LogP contribution < -0.4 is 11.1 Å². The summed E-state index contributed by atoms with van der Waals surface area (Å²) >= 11 is 3.33. The summed E-state index contributed by atoms with van der Waals surface area (Å²) in [4.78, 5) is 12.1. The number of nitrogen functional groups attached to an aromatic ring is 1. The molecular weight excluding hydrogens is 323 g/mol. The average Bonchev–Trinajstić information content (AvgIpc) is 2.36. The van der Waals surface area contributed by atoms with E-state index in [4.69, 9.17) is 5.73 Å². The van der Waals surface area contributed by atoms with Crippen molar-refractivity contribution in [3.8, 4) is 0 Å². The predicted molar refractivity (Wildman–Crippen MR) is 82.4 cm³/mol. The number of anilines is 2. The molecule has 2 rings (SSSR count). The Morgan fingerprint density at radius 2 is 1.90 bits per heavy atom. The first-order valence-corrected chi connectivity index (χ1v) is 6.81. The van der Waals surface area contributed by atoms with Crippen LogP contribution in [0.5, 0.6) is 0 Å². The van der Waals surface area contributed by atoms with Gasteiger partial charge >= 0.3 is 0 Å². The van der Waals surface area contributed by atoms with Gasteiger partial charge in [0.05, 0.1) is 11.4 Å². The zero-order chi connectivity index (χ0) is 14.9. The fourth-order valence-corrected chi connectivity index (χ4v) is 2.45. The van der Waals surface area contributed by atoms with E-state index >= 15 is 0 Å². The second-order valence-corrected chi connectivity index (χ2v) is 5.52. The molecule has 0 unspecified atom stereocenters. The van der Waals surface area contributed by atoms with Crippen LogP contribution in [-0.2, 0) is 0 Å². The van der Waals surface area contributed by atoms with Crippen LogP contribution in [0.3, 0.4) is 0 Å². The highest BCUT2D eigenvalue weighted by Gasteiger charge is 2.12. The number of aryl methyl sites for hydroxylation is 2. The third kappa shape index (κ3) is 2.99. The van der Waals surface area contributed by atoms with Crippen LogP contribution in [-0.4, -0.2) is 5.91 Å². The summed E-state index contributed by atoms with van der Waals surface area (Å²) in [5.74, 6) is -0.792. The minimum Gasteiger partial charge on any atom is -0.397 e. The van der Waals surface area contributed by atoms with E-state index in [1.54, 1.807) is 25.1 Å². The normalized spacial score (nSPS) is 10.4. The Kier molecular flexibility index (Phi) is 4.09. The molecular formula is C15H14BrFN2O. The zero-order valence-electron chi connectivity index (χ0n) is 11.1. The summed E-state index contributed by atoms with van der Waals surface area (Å²) in [6.07, 6.45) is 0. The molecule has 5 heteroatoms. The van der Waals surface area contributed by atoms with E-state index in [1.807, 2.05) is 13.0 Å². The highest BCUT2D eigenvalue weighted by atomic mass is 79.9. The van der Waals surface area contributed by atoms with Crippen molar-refractivity contribution in [2.45, 2.75) is 13.8 Å². The number of rotatable bonds is 2. The zero-order valence-corrected chi connectivity index (χ0v) is 12.7. The van der Waals surface area contributed by atoms with Crippen molar-refractivity contribution in [2.24, 2.45) is 0 Å². The second-order valence-electron chi connectivity index (χ2n) is 4.61. The number of halogens is 2. The minimum atomic E-state index is -0.404. The number of nitrogens with two attached hydrogens (primary N) is 1. The van der Waals surface area contributed by atoms with Crippen molar-refractivity contribution in [3.05, 3.63) is 57.3 Å². The largest absolute Gasteiger partial charge is 0.397 e. The molecule has 0 saturated heterocycles. The third-order valence-electron chi connectivity index (χ3n) is 3.00. The Morgan fingerprint density at radius 3 is 2.50 bits per heavy atom. The second kappa shape index (κ2) is 5.63. The SMILES string of the molecule is Cc1ccc(C(=O)Nc2c(C)cc(Br)cc2N)cc1F. The minimum absolute atomic E-state index is 0.259. The Morgan fingerprint density at radius 1 is 1.20 bits per heavy atom. The van der Waals surface area contributed by atoms with Gasteiger partial charge in [0.1, 0.15) is 5.82 Å². The number of amides is 1. The number of carbonyl (C=O) groups excluding carboxylic acids is 1. The van der Waals surface area contributed by atoms with E-state index < -0.39 is 5.82 Å². The van der Waals surface area contributed by atoms with Crippen molar-refractivity contribution < 1.29 is 9.18 Å². The van der Waals surface area contributed by atoms with Crippen LogP contribution >= 0.6 is 15.9 Å². The van der Waals surface area contributed by atoms with Gasteiger partial charge < -0.3 is 11.1 Å². The Balaban J connectivity index is 2.30. The van der Waals surface area contributed by atoms with E-state index in [1.165, 1.54) is 6.07 Å². The van der Waals surface area contributed by atoms with Crippen molar-refractivity contribution in [3.63, 3.8) is 0 Å². The van der Waals surface area contributed by atoms with Crippen LogP contribution in [0.1, 0.15) is 21.5 Å². The molecule has 0 radical (unpaired) electrons. The Hall–Kier alpha value is -1.88. The smallest absolute Gasteiger partial charge is 0.255 e. The predicted octanol–water partition coefficient (Wildman–Crippen LogP) is 4.04. The van der Waals surface area contributed by atoms with Gasteiger partial charge in [0.2, 0.25) is 0 Å². The fraction of sp³-hybridized carbons (Fsp3) is 0.133. The molecule has 0 aliphatic heterocycles. The lowest BCUT2D eigenvalue weighted by Gasteiger charge is -2.12. The molecule has 0 aromatic heterocycles. The van der Waals surface area contributed by atoms with Crippen LogP contribution in [0.25, 0.3) is 0 Å². The standard InChI is InChI=1S/C15H14BrFN2O/c1-8-3-4-10(6-12(8)17)15(20)19-14-9(2)5-11(16)7-13(14)18/h3-7H,18H2,1-2H3,(H,19,20). The first kappa shape index (κ1) is 14.5. The van der Waals surface area contributed by atoms with E-state index in [0.29, 0.717) is 16.9 Å². The van der Waals surface area contributed by atoms with Gasteiger partial charge in [0.15, 0.2) is 0 Å². The van der Waals surface area contributed by atoms with Gasteiger partial charge in [0, 0.05) is 10.0 Å². The third-order valence-corrected chi connectivity index (χ3v) is 3.46. The van der Waals surface area contributed by atoms with Crippen LogP contribution in [0.2, 0.25) is 0 Å². The molecule has 0 aliphatic carbocycles. The molecule has 0 heterocycles. The average molecular weight is 337 g/mol. The first-order valence-electron chi connectivity index (χ1n) is 6.01. The molecule has 20 heavy (non-hydrogen) atoms. The maximum atomic E-state index is 13.5. The number of benzene rings is 2. The van der Waals surface area contributed by atoms with E-state index in [-0.39, 0.29) is 11.5 Å². The summed E-state index contributed by atoms with van der Waals surface area (Å²) in [7, 11) is 0. The van der Waals surface area contributed by atoms with Gasteiger partial charge in [-0.1, -0.05) is 22.0 Å². The quantitative estimate of drug-likeness (QED) is 0.813. The summed E-state index contributed by atoms with van der Waals surface area (Å²) in [6.45, 7) is 3.49. The highest BCUT2D eigenvalue weighted by Crippen LogP contribution is 2.28. The van der Waals surface area contributed by atoms with Crippen LogP contribution in [0, 0.1) is 19.7 Å². The van der Waals surface area contributed by atoms with Crippen molar-refractivity contribution in [2.75, 3.05) is 11.1 Å². The van der Waals surface area contributed by atoms with Gasteiger partial charge in [0.25, 0.3) is 5.91 Å². The van der Waals surface area contributed by atoms with Crippen molar-refractivity contribution in [1.29, 1.82) is 0 Å².